The van der Waals surface area contributed by atoms with Crippen LogP contribution in [0.5, 0.6) is 0 Å². The lowest BCUT2D eigenvalue weighted by Gasteiger charge is -2.26. The van der Waals surface area contributed by atoms with Crippen molar-refractivity contribution in [2.75, 3.05) is 45.8 Å². The van der Waals surface area contributed by atoms with Gasteiger partial charge in [-0.05, 0) is 69.7 Å². The number of aliphatic imine (C=N–C) groups is 3. The Morgan fingerprint density at radius 3 is 1.34 bits per heavy atom. The average molecular weight is 953 g/mol. The van der Waals surface area contributed by atoms with Gasteiger partial charge in [-0.1, -0.05) is 27.7 Å². The van der Waals surface area contributed by atoms with Gasteiger partial charge >= 0.3 is 5.97 Å². The van der Waals surface area contributed by atoms with Crippen molar-refractivity contribution in [1.82, 2.24) is 47.9 Å². The van der Waals surface area contributed by atoms with E-state index in [4.69, 9.17) is 34.4 Å². The third-order valence-corrected chi connectivity index (χ3v) is 9.92. The molecule has 1 rings (SSSR count). The first-order chi connectivity index (χ1) is 31.5. The highest BCUT2D eigenvalue weighted by Gasteiger charge is 2.33. The minimum absolute atomic E-state index is 0.00950. The molecule has 28 nitrogen and oxygen atoms in total. The number of amides is 8. The summed E-state index contributed by atoms with van der Waals surface area (Å²) in [7, 11) is 0. The third kappa shape index (κ3) is 24.8. The Labute approximate surface area is 389 Å². The molecular formula is C39H72N18O10. The fraction of sp³-hybridized carbons (Fsp3) is 0.692. The van der Waals surface area contributed by atoms with Gasteiger partial charge in [-0.2, -0.15) is 0 Å². The van der Waals surface area contributed by atoms with Gasteiger partial charge in [0, 0.05) is 19.6 Å². The summed E-state index contributed by atoms with van der Waals surface area (Å²) in [6.45, 7) is 5.85. The van der Waals surface area contributed by atoms with Gasteiger partial charge in [-0.15, -0.1) is 0 Å². The molecule has 0 radical (unpaired) electrons. The van der Waals surface area contributed by atoms with E-state index in [9.17, 15) is 48.3 Å². The fourth-order valence-electron chi connectivity index (χ4n) is 6.35. The van der Waals surface area contributed by atoms with Gasteiger partial charge < -0.3 is 87.4 Å². The smallest absolute Gasteiger partial charge is 0.326 e. The molecule has 0 saturated carbocycles. The Balaban J connectivity index is 2.92. The van der Waals surface area contributed by atoms with Crippen LogP contribution in [0.25, 0.3) is 0 Å². The van der Waals surface area contributed by atoms with Crippen LogP contribution in [0.3, 0.4) is 0 Å². The van der Waals surface area contributed by atoms with Crippen LogP contribution in [0, 0.1) is 11.8 Å². The molecule has 0 spiro atoms. The largest absolute Gasteiger partial charge is 0.480 e. The van der Waals surface area contributed by atoms with Gasteiger partial charge in [0.1, 0.15) is 30.2 Å². The van der Waals surface area contributed by atoms with E-state index in [1.807, 2.05) is 0 Å². The zero-order valence-corrected chi connectivity index (χ0v) is 38.7. The summed E-state index contributed by atoms with van der Waals surface area (Å²) >= 11 is 0. The highest BCUT2D eigenvalue weighted by Crippen LogP contribution is 2.10. The molecule has 0 aromatic carbocycles. The average Bonchev–Trinajstić information content (AvgIpc) is 3.80. The highest BCUT2D eigenvalue weighted by atomic mass is 16.4. The van der Waals surface area contributed by atoms with E-state index in [0.717, 1.165) is 6.42 Å². The van der Waals surface area contributed by atoms with Crippen LogP contribution in [0.1, 0.15) is 79.1 Å². The van der Waals surface area contributed by atoms with Crippen molar-refractivity contribution in [2.24, 2.45) is 61.2 Å². The number of nitrogens with one attached hydrogen (secondary N) is 9. The molecular weight excluding hydrogens is 881 g/mol. The van der Waals surface area contributed by atoms with Crippen LogP contribution in [0.15, 0.2) is 15.0 Å². The molecule has 0 unspecified atom stereocenters. The third-order valence-electron chi connectivity index (χ3n) is 9.92. The minimum atomic E-state index is -1.32. The number of hydrogen-bond donors (Lipinski definition) is 16. The van der Waals surface area contributed by atoms with Crippen LogP contribution >= 0.6 is 0 Å². The monoisotopic (exact) mass is 953 g/mol. The molecule has 22 N–H and O–H groups in total. The van der Waals surface area contributed by atoms with E-state index in [0.29, 0.717) is 13.0 Å². The van der Waals surface area contributed by atoms with E-state index in [2.05, 4.69) is 62.8 Å². The molecule has 378 valence electrons. The molecule has 67 heavy (non-hydrogen) atoms. The van der Waals surface area contributed by atoms with Gasteiger partial charge in [0.25, 0.3) is 0 Å². The Morgan fingerprint density at radius 1 is 0.537 bits per heavy atom. The minimum Gasteiger partial charge on any atom is -0.480 e. The van der Waals surface area contributed by atoms with Crippen LogP contribution in [-0.2, 0) is 43.2 Å². The maximum atomic E-state index is 13.5. The zero-order chi connectivity index (χ0) is 50.6. The second-order valence-electron chi connectivity index (χ2n) is 16.3. The summed E-state index contributed by atoms with van der Waals surface area (Å²) in [5.41, 5.74) is 32.1. The molecule has 1 aliphatic heterocycles. The summed E-state index contributed by atoms with van der Waals surface area (Å²) in [6, 6.07) is -6.38. The number of hydrogen-bond acceptors (Lipinski definition) is 13. The topological polar surface area (TPSA) is 475 Å². The quantitative estimate of drug-likeness (QED) is 0.0174. The number of carbonyl (C=O) groups excluding carboxylic acids is 8. The van der Waals surface area contributed by atoms with Crippen LogP contribution in [0.2, 0.25) is 0 Å². The summed E-state index contributed by atoms with van der Waals surface area (Å²) in [5, 5.41) is 32.5. The van der Waals surface area contributed by atoms with Crippen molar-refractivity contribution in [1.29, 1.82) is 0 Å². The first kappa shape index (κ1) is 58.0. The molecule has 0 bridgehead atoms. The number of guanidine groups is 3. The summed E-state index contributed by atoms with van der Waals surface area (Å²) in [5.74, 6) is -8.47. The van der Waals surface area contributed by atoms with E-state index in [1.165, 1.54) is 0 Å². The highest BCUT2D eigenvalue weighted by molar-refractivity contribution is 5.96. The van der Waals surface area contributed by atoms with Crippen LogP contribution < -0.4 is 82.3 Å². The van der Waals surface area contributed by atoms with Crippen molar-refractivity contribution in [3.63, 3.8) is 0 Å². The summed E-state index contributed by atoms with van der Waals surface area (Å²) < 4.78 is 0. The van der Waals surface area contributed by atoms with Crippen molar-refractivity contribution < 1.29 is 48.3 Å². The molecule has 6 atom stereocenters. The Hall–Kier alpha value is -7.00. The van der Waals surface area contributed by atoms with Crippen molar-refractivity contribution in [3.05, 3.63) is 0 Å². The molecule has 1 saturated heterocycles. The molecule has 0 aromatic rings. The van der Waals surface area contributed by atoms with E-state index in [1.54, 1.807) is 27.7 Å². The summed E-state index contributed by atoms with van der Waals surface area (Å²) in [4.78, 5) is 128. The molecule has 8 amide bonds. The number of nitrogens with zero attached hydrogens (tertiary/aromatic N) is 3. The number of carbonyl (C=O) groups is 9. The predicted molar refractivity (Wildman–Crippen MR) is 247 cm³/mol. The lowest BCUT2D eigenvalue weighted by Crippen LogP contribution is -2.58. The first-order valence-corrected chi connectivity index (χ1v) is 22.0. The lowest BCUT2D eigenvalue weighted by atomic mass is 10.0. The van der Waals surface area contributed by atoms with Crippen molar-refractivity contribution in [3.8, 4) is 0 Å². The second kappa shape index (κ2) is 31.0. The van der Waals surface area contributed by atoms with E-state index in [-0.39, 0.29) is 87.9 Å². The molecule has 0 aliphatic carbocycles. The normalized spacial score (nSPS) is 15.2. The van der Waals surface area contributed by atoms with Crippen molar-refractivity contribution in [2.45, 2.75) is 115 Å². The van der Waals surface area contributed by atoms with Gasteiger partial charge in [-0.3, -0.25) is 53.3 Å². The summed E-state index contributed by atoms with van der Waals surface area (Å²) in [6.07, 6.45) is 2.15. The van der Waals surface area contributed by atoms with Crippen molar-refractivity contribution >= 4 is 71.1 Å². The van der Waals surface area contributed by atoms with Gasteiger partial charge in [0.2, 0.25) is 47.3 Å². The predicted octanol–water partition coefficient (Wildman–Crippen LogP) is -6.93. The zero-order valence-electron chi connectivity index (χ0n) is 38.7. The SMILES string of the molecule is CC(C)[C@H](NC(=O)CNC(=O)CNC(=O)[C@H](CCCN=C(N)N)NC(=O)[C@@H](NC(=O)[C@@H]1CCCN1)C(C)C)C(=O)N[C@@H](CCCN=C(N)N)C(=O)NCC(=O)N[C@@H](CCCN=C(N)N)C(=O)O. The van der Waals surface area contributed by atoms with Gasteiger partial charge in [0.15, 0.2) is 17.9 Å². The molecule has 0 aromatic heterocycles. The standard InChI is InChI=1S/C39H72N18O10/c1-20(2)29(34(64)54-24(11-7-15-48-38(42)43)32(62)52-19-27(59)53-25(36(66)67)12-8-16-49-39(44)45)56-28(60)18-50-26(58)17-51-31(61)23(10-6-14-47-37(40)41)55-35(65)30(21(3)4)57-33(63)22-9-5-13-46-22/h20-25,29-30,46H,5-19H2,1-4H3,(H,50,58)(H,51,61)(H,52,62)(H,53,59)(H,54,64)(H,55,65)(H,56,60)(H,57,63)(H,66,67)(H4,40,41,47)(H4,42,43,48)(H4,44,45,49)/t22-,23-,24-,25-,29-,30-/m0/s1. The molecule has 1 fully saturated rings. The first-order valence-electron chi connectivity index (χ1n) is 22.0. The number of nitrogens with two attached hydrogens (primary N) is 6. The molecule has 1 aliphatic rings. The number of carboxylic acid groups (broad SMARTS) is 1. The number of aliphatic carboxylic acids is 1. The maximum Gasteiger partial charge on any atom is 0.326 e. The maximum absolute atomic E-state index is 13.5. The lowest BCUT2D eigenvalue weighted by molar-refractivity contribution is -0.142. The Morgan fingerprint density at radius 2 is 0.940 bits per heavy atom. The second-order valence-corrected chi connectivity index (χ2v) is 16.3. The number of carboxylic acids is 1. The number of rotatable bonds is 31. The molecule has 28 heteroatoms. The van der Waals surface area contributed by atoms with E-state index < -0.39 is 109 Å². The Bertz CT molecular complexity index is 1770. The van der Waals surface area contributed by atoms with E-state index >= 15 is 0 Å². The van der Waals surface area contributed by atoms with Crippen LogP contribution in [0.4, 0.5) is 0 Å². The van der Waals surface area contributed by atoms with Crippen LogP contribution in [-0.4, -0.2) is 158 Å². The van der Waals surface area contributed by atoms with Gasteiger partial charge in [-0.25, -0.2) is 4.79 Å². The van der Waals surface area contributed by atoms with Gasteiger partial charge in [0.05, 0.1) is 25.7 Å². The fourth-order valence-corrected chi connectivity index (χ4v) is 6.35. The Kier molecular flexibility index (Phi) is 26.9. The molecule has 1 heterocycles.